The van der Waals surface area contributed by atoms with Crippen molar-refractivity contribution in [3.05, 3.63) is 16.1 Å². The van der Waals surface area contributed by atoms with E-state index in [1.165, 1.54) is 11.3 Å². The lowest BCUT2D eigenvalue weighted by Gasteiger charge is -2.34. The summed E-state index contributed by atoms with van der Waals surface area (Å²) in [4.78, 5) is 29.8. The van der Waals surface area contributed by atoms with Gasteiger partial charge in [0.05, 0.1) is 10.9 Å². The van der Waals surface area contributed by atoms with Crippen molar-refractivity contribution in [1.82, 2.24) is 9.88 Å². The first-order chi connectivity index (χ1) is 9.68. The lowest BCUT2D eigenvalue weighted by molar-refractivity contribution is -0.143. The van der Waals surface area contributed by atoms with Crippen LogP contribution in [-0.4, -0.2) is 40.0 Å². The summed E-state index contributed by atoms with van der Waals surface area (Å²) < 4.78 is 0. The highest BCUT2D eigenvalue weighted by molar-refractivity contribution is 7.10. The van der Waals surface area contributed by atoms with Crippen LogP contribution < -0.4 is 0 Å². The number of piperidine rings is 1. The van der Waals surface area contributed by atoms with Crippen LogP contribution in [0.25, 0.3) is 0 Å². The van der Waals surface area contributed by atoms with Gasteiger partial charge in [0.2, 0.25) is 0 Å². The molecule has 1 N–H and O–H groups in total. The van der Waals surface area contributed by atoms with Crippen LogP contribution in [0.1, 0.15) is 49.6 Å². The summed E-state index contributed by atoms with van der Waals surface area (Å²) in [6.45, 7) is 9.04. The van der Waals surface area contributed by atoms with Gasteiger partial charge in [0, 0.05) is 23.9 Å². The average Bonchev–Trinajstić information content (AvgIpc) is 2.86. The van der Waals surface area contributed by atoms with E-state index >= 15 is 0 Å². The Balaban J connectivity index is 2.15. The van der Waals surface area contributed by atoms with E-state index in [1.807, 2.05) is 6.92 Å². The normalized spacial score (nSPS) is 23.1. The van der Waals surface area contributed by atoms with Gasteiger partial charge in [-0.3, -0.25) is 9.59 Å². The SMILES string of the molecule is CC1CC(C(=O)O)CN(C(=O)c2csc(C(C)(C)C)n2)C1. The number of carbonyl (C=O) groups is 2. The number of nitrogens with zero attached hydrogens (tertiary/aromatic N) is 2. The van der Waals surface area contributed by atoms with E-state index in [4.69, 9.17) is 0 Å². The molecule has 21 heavy (non-hydrogen) atoms. The number of thiazole rings is 1. The highest BCUT2D eigenvalue weighted by Crippen LogP contribution is 2.27. The van der Waals surface area contributed by atoms with Crippen molar-refractivity contribution < 1.29 is 14.7 Å². The van der Waals surface area contributed by atoms with E-state index in [0.717, 1.165) is 5.01 Å². The molecule has 2 atom stereocenters. The van der Waals surface area contributed by atoms with Crippen LogP contribution in [-0.2, 0) is 10.2 Å². The molecule has 0 bridgehead atoms. The molecule has 0 aromatic carbocycles. The Bertz CT molecular complexity index is 547. The number of hydrogen-bond donors (Lipinski definition) is 1. The predicted molar refractivity (Wildman–Crippen MR) is 81.6 cm³/mol. The van der Waals surface area contributed by atoms with Crippen molar-refractivity contribution in [2.75, 3.05) is 13.1 Å². The fourth-order valence-corrected chi connectivity index (χ4v) is 3.46. The van der Waals surface area contributed by atoms with Crippen molar-refractivity contribution in [3.8, 4) is 0 Å². The van der Waals surface area contributed by atoms with E-state index in [1.54, 1.807) is 10.3 Å². The minimum absolute atomic E-state index is 0.0814. The number of carbonyl (C=O) groups excluding carboxylic acids is 1. The molecule has 0 saturated carbocycles. The van der Waals surface area contributed by atoms with Crippen molar-refractivity contribution in [2.45, 2.75) is 39.5 Å². The summed E-state index contributed by atoms with van der Waals surface area (Å²) in [6.07, 6.45) is 0.628. The Morgan fingerprint density at radius 3 is 2.57 bits per heavy atom. The smallest absolute Gasteiger partial charge is 0.308 e. The van der Waals surface area contributed by atoms with Gasteiger partial charge in [-0.1, -0.05) is 27.7 Å². The maximum atomic E-state index is 12.5. The molecule has 2 unspecified atom stereocenters. The molecule has 1 amide bonds. The molecular formula is C15H22N2O3S. The molecule has 1 aromatic heterocycles. The van der Waals surface area contributed by atoms with Crippen LogP contribution >= 0.6 is 11.3 Å². The van der Waals surface area contributed by atoms with Crippen LogP contribution in [0.4, 0.5) is 0 Å². The zero-order valence-electron chi connectivity index (χ0n) is 12.9. The molecule has 6 heteroatoms. The third-order valence-electron chi connectivity index (χ3n) is 3.66. The van der Waals surface area contributed by atoms with Gasteiger partial charge < -0.3 is 10.0 Å². The quantitative estimate of drug-likeness (QED) is 0.911. The maximum absolute atomic E-state index is 12.5. The average molecular weight is 310 g/mol. The predicted octanol–water partition coefficient (Wildman–Crippen LogP) is 2.62. The molecule has 2 rings (SSSR count). The van der Waals surface area contributed by atoms with Crippen LogP contribution in [0.5, 0.6) is 0 Å². The van der Waals surface area contributed by atoms with Gasteiger partial charge in [0.1, 0.15) is 5.69 Å². The van der Waals surface area contributed by atoms with Crippen LogP contribution in [0.15, 0.2) is 5.38 Å². The van der Waals surface area contributed by atoms with Gasteiger partial charge in [-0.25, -0.2) is 4.98 Å². The maximum Gasteiger partial charge on any atom is 0.308 e. The van der Waals surface area contributed by atoms with E-state index in [2.05, 4.69) is 25.8 Å². The molecule has 5 nitrogen and oxygen atoms in total. The second-order valence-electron chi connectivity index (χ2n) is 6.87. The molecule has 1 fully saturated rings. The fraction of sp³-hybridized carbons (Fsp3) is 0.667. The van der Waals surface area contributed by atoms with Crippen molar-refractivity contribution in [2.24, 2.45) is 11.8 Å². The Morgan fingerprint density at radius 1 is 1.38 bits per heavy atom. The molecule has 1 aromatic rings. The Morgan fingerprint density at radius 2 is 2.05 bits per heavy atom. The minimum atomic E-state index is -0.826. The topological polar surface area (TPSA) is 70.5 Å². The van der Waals surface area contributed by atoms with Gasteiger partial charge in [-0.15, -0.1) is 11.3 Å². The third-order valence-corrected chi connectivity index (χ3v) is 4.93. The van der Waals surface area contributed by atoms with Crippen molar-refractivity contribution >= 4 is 23.2 Å². The molecule has 1 saturated heterocycles. The molecule has 1 aliphatic heterocycles. The monoisotopic (exact) mass is 310 g/mol. The van der Waals surface area contributed by atoms with Crippen LogP contribution in [0.3, 0.4) is 0 Å². The third kappa shape index (κ3) is 3.61. The number of amides is 1. The zero-order chi connectivity index (χ0) is 15.8. The second kappa shape index (κ2) is 5.75. The summed E-state index contributed by atoms with van der Waals surface area (Å²) in [6, 6.07) is 0. The largest absolute Gasteiger partial charge is 0.481 e. The van der Waals surface area contributed by atoms with Gasteiger partial charge in [-0.05, 0) is 12.3 Å². The zero-order valence-corrected chi connectivity index (χ0v) is 13.7. The molecule has 0 spiro atoms. The molecule has 0 aliphatic carbocycles. The standard InChI is InChI=1S/C15H22N2O3S/c1-9-5-10(13(19)20)7-17(6-9)12(18)11-8-21-14(16-11)15(2,3)4/h8-10H,5-7H2,1-4H3,(H,19,20). The van der Waals surface area contributed by atoms with Crippen LogP contribution in [0.2, 0.25) is 0 Å². The first kappa shape index (κ1) is 15.9. The van der Waals surface area contributed by atoms with Crippen molar-refractivity contribution in [3.63, 3.8) is 0 Å². The van der Waals surface area contributed by atoms with Gasteiger partial charge in [-0.2, -0.15) is 0 Å². The number of aliphatic carboxylic acids is 1. The summed E-state index contributed by atoms with van der Waals surface area (Å²) >= 11 is 1.48. The van der Waals surface area contributed by atoms with Crippen molar-refractivity contribution in [1.29, 1.82) is 0 Å². The lowest BCUT2D eigenvalue weighted by Crippen LogP contribution is -2.45. The molecule has 116 valence electrons. The molecule has 1 aliphatic rings. The van der Waals surface area contributed by atoms with E-state index < -0.39 is 11.9 Å². The number of carboxylic acids is 1. The number of carboxylic acid groups (broad SMARTS) is 1. The Hall–Kier alpha value is -1.43. The summed E-state index contributed by atoms with van der Waals surface area (Å²) in [5, 5.41) is 11.9. The van der Waals surface area contributed by atoms with Gasteiger partial charge >= 0.3 is 5.97 Å². The minimum Gasteiger partial charge on any atom is -0.481 e. The van der Waals surface area contributed by atoms with Crippen LogP contribution in [0, 0.1) is 11.8 Å². The summed E-state index contributed by atoms with van der Waals surface area (Å²) in [7, 11) is 0. The number of likely N-dealkylation sites (tertiary alicyclic amines) is 1. The van der Waals surface area contributed by atoms with Gasteiger partial charge in [0.15, 0.2) is 0 Å². The van der Waals surface area contributed by atoms with Gasteiger partial charge in [0.25, 0.3) is 5.91 Å². The summed E-state index contributed by atoms with van der Waals surface area (Å²) in [5.74, 6) is -1.25. The summed E-state index contributed by atoms with van der Waals surface area (Å²) in [5.41, 5.74) is 0.352. The van der Waals surface area contributed by atoms with E-state index in [9.17, 15) is 14.7 Å². The highest BCUT2D eigenvalue weighted by Gasteiger charge is 2.33. The second-order valence-corrected chi connectivity index (χ2v) is 7.73. The molecular weight excluding hydrogens is 288 g/mol. The van der Waals surface area contributed by atoms with E-state index in [-0.39, 0.29) is 23.8 Å². The highest BCUT2D eigenvalue weighted by atomic mass is 32.1. The number of hydrogen-bond acceptors (Lipinski definition) is 4. The van der Waals surface area contributed by atoms with E-state index in [0.29, 0.717) is 18.7 Å². The fourth-order valence-electron chi connectivity index (χ4n) is 2.57. The lowest BCUT2D eigenvalue weighted by atomic mass is 9.90. The first-order valence-corrected chi connectivity index (χ1v) is 8.04. The Labute approximate surface area is 129 Å². The molecule has 0 radical (unpaired) electrons. The first-order valence-electron chi connectivity index (χ1n) is 7.16. The Kier molecular flexibility index (Phi) is 4.37. The number of aromatic nitrogens is 1. The number of rotatable bonds is 2. The molecule has 2 heterocycles.